The van der Waals surface area contributed by atoms with Crippen LogP contribution in [-0.2, 0) is 4.79 Å². The second kappa shape index (κ2) is 6.64. The van der Waals surface area contributed by atoms with Gasteiger partial charge in [-0.05, 0) is 44.0 Å². The third-order valence-corrected chi connectivity index (χ3v) is 3.01. The molecule has 1 N–H and O–H groups in total. The van der Waals surface area contributed by atoms with Gasteiger partial charge in [-0.1, -0.05) is 22.9 Å². The number of carbonyl (C=O) groups excluding carboxylic acids is 1. The second-order valence-corrected chi connectivity index (χ2v) is 4.99. The number of rotatable bonds is 5. The van der Waals surface area contributed by atoms with Gasteiger partial charge in [0.1, 0.15) is 5.75 Å². The maximum Gasteiger partial charge on any atom is 0.258 e. The minimum Gasteiger partial charge on any atom is -0.484 e. The number of hydrogen-bond acceptors (Lipinski definition) is 2. The molecule has 1 rings (SSSR count). The number of benzene rings is 1. The number of halogens is 1. The van der Waals surface area contributed by atoms with E-state index in [9.17, 15) is 4.79 Å². The molecule has 4 heteroatoms. The van der Waals surface area contributed by atoms with Crippen molar-refractivity contribution < 1.29 is 9.53 Å². The van der Waals surface area contributed by atoms with Gasteiger partial charge in [-0.3, -0.25) is 4.79 Å². The van der Waals surface area contributed by atoms with Crippen LogP contribution in [-0.4, -0.2) is 18.6 Å². The van der Waals surface area contributed by atoms with Gasteiger partial charge in [0, 0.05) is 10.5 Å². The zero-order valence-corrected chi connectivity index (χ0v) is 12.0. The summed E-state index contributed by atoms with van der Waals surface area (Å²) >= 11 is 3.38. The summed E-state index contributed by atoms with van der Waals surface area (Å²) < 4.78 is 6.47. The van der Waals surface area contributed by atoms with Gasteiger partial charge in [0.25, 0.3) is 5.91 Å². The molecule has 17 heavy (non-hydrogen) atoms. The number of amides is 1. The number of ether oxygens (including phenoxy) is 1. The lowest BCUT2D eigenvalue weighted by Crippen LogP contribution is -2.35. The fraction of sp³-hybridized carbons (Fsp3) is 0.462. The summed E-state index contributed by atoms with van der Waals surface area (Å²) in [6.45, 7) is 6.02. The maximum atomic E-state index is 11.5. The van der Waals surface area contributed by atoms with Gasteiger partial charge >= 0.3 is 0 Å². The van der Waals surface area contributed by atoms with Crippen molar-refractivity contribution >= 4 is 21.8 Å². The first kappa shape index (κ1) is 14.0. The molecule has 0 aliphatic carbocycles. The van der Waals surface area contributed by atoms with E-state index in [4.69, 9.17) is 4.74 Å². The van der Waals surface area contributed by atoms with Crippen LogP contribution in [0.2, 0.25) is 0 Å². The summed E-state index contributed by atoms with van der Waals surface area (Å²) in [4.78, 5) is 11.5. The Morgan fingerprint density at radius 2 is 2.24 bits per heavy atom. The van der Waals surface area contributed by atoms with E-state index >= 15 is 0 Å². The third-order valence-electron chi connectivity index (χ3n) is 2.52. The molecule has 0 heterocycles. The smallest absolute Gasteiger partial charge is 0.258 e. The monoisotopic (exact) mass is 299 g/mol. The number of hydrogen-bond donors (Lipinski definition) is 1. The van der Waals surface area contributed by atoms with Crippen LogP contribution < -0.4 is 10.1 Å². The van der Waals surface area contributed by atoms with Crippen LogP contribution in [0.25, 0.3) is 0 Å². The van der Waals surface area contributed by atoms with Gasteiger partial charge in [-0.25, -0.2) is 0 Å². The van der Waals surface area contributed by atoms with Crippen molar-refractivity contribution in [2.45, 2.75) is 33.2 Å². The second-order valence-electron chi connectivity index (χ2n) is 4.08. The summed E-state index contributed by atoms with van der Waals surface area (Å²) in [6, 6.07) is 5.91. The first-order chi connectivity index (χ1) is 8.02. The van der Waals surface area contributed by atoms with Crippen LogP contribution in [0.4, 0.5) is 0 Å². The highest BCUT2D eigenvalue weighted by Gasteiger charge is 2.07. The summed E-state index contributed by atoms with van der Waals surface area (Å²) in [7, 11) is 0. The highest BCUT2D eigenvalue weighted by Crippen LogP contribution is 2.21. The largest absolute Gasteiger partial charge is 0.484 e. The topological polar surface area (TPSA) is 38.3 Å². The van der Waals surface area contributed by atoms with E-state index in [2.05, 4.69) is 21.2 Å². The van der Waals surface area contributed by atoms with E-state index in [0.717, 1.165) is 22.2 Å². The van der Waals surface area contributed by atoms with Crippen LogP contribution in [0.15, 0.2) is 22.7 Å². The highest BCUT2D eigenvalue weighted by atomic mass is 79.9. The van der Waals surface area contributed by atoms with Crippen LogP contribution in [0.1, 0.15) is 25.8 Å². The standard InChI is InChI=1S/C13H18BrNO2/c1-4-10(3)15-13(16)8-17-12-6-5-11(14)7-9(12)2/h5-7,10H,4,8H2,1-3H3,(H,15,16). The molecule has 94 valence electrons. The summed E-state index contributed by atoms with van der Waals surface area (Å²) in [5.41, 5.74) is 1.01. The Kier molecular flexibility index (Phi) is 5.48. The summed E-state index contributed by atoms with van der Waals surface area (Å²) in [5.74, 6) is 0.661. The molecular weight excluding hydrogens is 282 g/mol. The Morgan fingerprint density at radius 1 is 1.53 bits per heavy atom. The quantitative estimate of drug-likeness (QED) is 0.907. The lowest BCUT2D eigenvalue weighted by molar-refractivity contribution is -0.123. The Morgan fingerprint density at radius 3 is 2.82 bits per heavy atom. The first-order valence-electron chi connectivity index (χ1n) is 5.71. The normalized spacial score (nSPS) is 12.0. The van der Waals surface area contributed by atoms with E-state index in [1.807, 2.05) is 39.0 Å². The van der Waals surface area contributed by atoms with E-state index in [1.54, 1.807) is 0 Å². The minimum atomic E-state index is -0.0818. The van der Waals surface area contributed by atoms with Crippen molar-refractivity contribution in [3.05, 3.63) is 28.2 Å². The van der Waals surface area contributed by atoms with Gasteiger partial charge in [0.05, 0.1) is 0 Å². The van der Waals surface area contributed by atoms with Crippen molar-refractivity contribution in [3.63, 3.8) is 0 Å². The Hall–Kier alpha value is -1.03. The maximum absolute atomic E-state index is 11.5. The molecule has 1 amide bonds. The molecule has 1 aromatic carbocycles. The van der Waals surface area contributed by atoms with Crippen molar-refractivity contribution in [1.29, 1.82) is 0 Å². The molecule has 0 saturated heterocycles. The van der Waals surface area contributed by atoms with Crippen molar-refractivity contribution in [1.82, 2.24) is 5.32 Å². The van der Waals surface area contributed by atoms with E-state index in [1.165, 1.54) is 0 Å². The van der Waals surface area contributed by atoms with Gasteiger partial charge < -0.3 is 10.1 Å². The van der Waals surface area contributed by atoms with Gasteiger partial charge in [0.2, 0.25) is 0 Å². The molecule has 1 unspecified atom stereocenters. The molecule has 0 aliphatic rings. The average Bonchev–Trinajstić information content (AvgIpc) is 2.27. The fourth-order valence-corrected chi connectivity index (χ4v) is 1.81. The van der Waals surface area contributed by atoms with Gasteiger partial charge in [-0.15, -0.1) is 0 Å². The number of carbonyl (C=O) groups is 1. The van der Waals surface area contributed by atoms with E-state index in [-0.39, 0.29) is 18.6 Å². The molecule has 1 aromatic rings. The lowest BCUT2D eigenvalue weighted by Gasteiger charge is -2.13. The molecule has 3 nitrogen and oxygen atoms in total. The first-order valence-corrected chi connectivity index (χ1v) is 6.50. The molecule has 0 spiro atoms. The lowest BCUT2D eigenvalue weighted by atomic mass is 10.2. The molecule has 0 fully saturated rings. The zero-order valence-electron chi connectivity index (χ0n) is 10.4. The average molecular weight is 300 g/mol. The third kappa shape index (κ3) is 4.77. The predicted molar refractivity (Wildman–Crippen MR) is 72.3 cm³/mol. The molecule has 0 radical (unpaired) electrons. The van der Waals surface area contributed by atoms with E-state index < -0.39 is 0 Å². The summed E-state index contributed by atoms with van der Waals surface area (Å²) in [5, 5.41) is 2.86. The van der Waals surface area contributed by atoms with Crippen molar-refractivity contribution in [3.8, 4) is 5.75 Å². The fourth-order valence-electron chi connectivity index (χ4n) is 1.34. The summed E-state index contributed by atoms with van der Waals surface area (Å²) in [6.07, 6.45) is 0.920. The molecule has 0 aliphatic heterocycles. The molecule has 0 saturated carbocycles. The van der Waals surface area contributed by atoms with Crippen molar-refractivity contribution in [2.24, 2.45) is 0 Å². The minimum absolute atomic E-state index is 0.0623. The number of nitrogens with one attached hydrogen (secondary N) is 1. The van der Waals surface area contributed by atoms with Gasteiger partial charge in [-0.2, -0.15) is 0 Å². The highest BCUT2D eigenvalue weighted by molar-refractivity contribution is 9.10. The molecule has 1 atom stereocenters. The molecule has 0 bridgehead atoms. The van der Waals surface area contributed by atoms with Gasteiger partial charge in [0.15, 0.2) is 6.61 Å². The van der Waals surface area contributed by atoms with Crippen LogP contribution in [0.5, 0.6) is 5.75 Å². The Labute approximate surface area is 111 Å². The number of aryl methyl sites for hydroxylation is 1. The van der Waals surface area contributed by atoms with Crippen LogP contribution >= 0.6 is 15.9 Å². The van der Waals surface area contributed by atoms with Crippen molar-refractivity contribution in [2.75, 3.05) is 6.61 Å². The zero-order chi connectivity index (χ0) is 12.8. The van der Waals surface area contributed by atoms with E-state index in [0.29, 0.717) is 0 Å². The SMILES string of the molecule is CCC(C)NC(=O)COc1ccc(Br)cc1C. The Balaban J connectivity index is 2.47. The van der Waals surface area contributed by atoms with Crippen LogP contribution in [0.3, 0.4) is 0 Å². The molecule has 0 aromatic heterocycles. The molecular formula is C13H18BrNO2. The van der Waals surface area contributed by atoms with Crippen LogP contribution in [0, 0.1) is 6.92 Å². The Bertz CT molecular complexity index is 393. The predicted octanol–water partition coefficient (Wildman–Crippen LogP) is 3.05.